The van der Waals surface area contributed by atoms with Crippen LogP contribution in [0.2, 0.25) is 0 Å². The fourth-order valence-corrected chi connectivity index (χ4v) is 2.88. The van der Waals surface area contributed by atoms with Crippen LogP contribution in [0, 0.1) is 17.0 Å². The van der Waals surface area contributed by atoms with Crippen LogP contribution in [0.1, 0.15) is 11.3 Å². The summed E-state index contributed by atoms with van der Waals surface area (Å²) in [6.45, 7) is 2.39. The Balaban J connectivity index is 1.65. The van der Waals surface area contributed by atoms with E-state index in [0.717, 1.165) is 12.0 Å². The highest BCUT2D eigenvalue weighted by molar-refractivity contribution is 5.97. The van der Waals surface area contributed by atoms with E-state index in [0.29, 0.717) is 28.8 Å². The van der Waals surface area contributed by atoms with Crippen molar-refractivity contribution in [3.63, 3.8) is 0 Å². The van der Waals surface area contributed by atoms with E-state index in [1.54, 1.807) is 25.1 Å². The number of rotatable bonds is 7. The van der Waals surface area contributed by atoms with E-state index in [4.69, 9.17) is 0 Å². The second-order valence-corrected chi connectivity index (χ2v) is 6.18. The SMILES string of the molecule is Cc1cc(NCC(=O)NCCc2ccccc2)c2cccc([N+](=O)[O-])c2n1. The van der Waals surface area contributed by atoms with Crippen molar-refractivity contribution in [1.29, 1.82) is 0 Å². The number of para-hydroxylation sites is 1. The van der Waals surface area contributed by atoms with Gasteiger partial charge in [-0.2, -0.15) is 0 Å². The van der Waals surface area contributed by atoms with Gasteiger partial charge in [0.15, 0.2) is 5.52 Å². The summed E-state index contributed by atoms with van der Waals surface area (Å²) in [4.78, 5) is 27.2. The van der Waals surface area contributed by atoms with Crippen LogP contribution in [0.3, 0.4) is 0 Å². The van der Waals surface area contributed by atoms with Crippen LogP contribution in [-0.4, -0.2) is 28.9 Å². The number of nitrogens with one attached hydrogen (secondary N) is 2. The molecular formula is C20H20N4O3. The van der Waals surface area contributed by atoms with Crippen molar-refractivity contribution in [3.8, 4) is 0 Å². The van der Waals surface area contributed by atoms with Gasteiger partial charge in [0, 0.05) is 29.4 Å². The number of hydrogen-bond donors (Lipinski definition) is 2. The third-order valence-electron chi connectivity index (χ3n) is 4.16. The number of hydrogen-bond acceptors (Lipinski definition) is 5. The first kappa shape index (κ1) is 18.3. The zero-order chi connectivity index (χ0) is 19.2. The number of benzene rings is 2. The van der Waals surface area contributed by atoms with E-state index in [9.17, 15) is 14.9 Å². The van der Waals surface area contributed by atoms with Gasteiger partial charge in [-0.1, -0.05) is 42.5 Å². The number of anilines is 1. The Kier molecular flexibility index (Phi) is 5.61. The Morgan fingerprint density at radius 3 is 2.67 bits per heavy atom. The summed E-state index contributed by atoms with van der Waals surface area (Å²) < 4.78 is 0. The molecule has 0 fully saturated rings. The van der Waals surface area contributed by atoms with Gasteiger partial charge in [-0.25, -0.2) is 4.98 Å². The lowest BCUT2D eigenvalue weighted by molar-refractivity contribution is -0.383. The Morgan fingerprint density at radius 2 is 1.93 bits per heavy atom. The van der Waals surface area contributed by atoms with Crippen molar-refractivity contribution >= 4 is 28.2 Å². The first-order chi connectivity index (χ1) is 13.0. The first-order valence-corrected chi connectivity index (χ1v) is 8.64. The van der Waals surface area contributed by atoms with Gasteiger partial charge in [0.2, 0.25) is 5.91 Å². The molecule has 7 nitrogen and oxygen atoms in total. The molecule has 138 valence electrons. The van der Waals surface area contributed by atoms with Crippen LogP contribution in [0.25, 0.3) is 10.9 Å². The van der Waals surface area contributed by atoms with Crippen LogP contribution < -0.4 is 10.6 Å². The van der Waals surface area contributed by atoms with Gasteiger partial charge in [-0.3, -0.25) is 14.9 Å². The summed E-state index contributed by atoms with van der Waals surface area (Å²) in [5.74, 6) is -0.140. The van der Waals surface area contributed by atoms with E-state index in [2.05, 4.69) is 15.6 Å². The highest BCUT2D eigenvalue weighted by Crippen LogP contribution is 2.29. The van der Waals surface area contributed by atoms with Gasteiger partial charge in [0.1, 0.15) is 0 Å². The molecule has 27 heavy (non-hydrogen) atoms. The molecule has 2 N–H and O–H groups in total. The molecule has 3 rings (SSSR count). The molecule has 0 radical (unpaired) electrons. The average molecular weight is 364 g/mol. The lowest BCUT2D eigenvalue weighted by Crippen LogP contribution is -2.31. The molecule has 0 atom stereocenters. The minimum Gasteiger partial charge on any atom is -0.376 e. The summed E-state index contributed by atoms with van der Waals surface area (Å²) in [6, 6.07) is 16.5. The van der Waals surface area contributed by atoms with Crippen molar-refractivity contribution in [2.75, 3.05) is 18.4 Å². The zero-order valence-electron chi connectivity index (χ0n) is 14.9. The predicted octanol–water partition coefficient (Wildman–Crippen LogP) is 3.22. The molecule has 0 unspecified atom stereocenters. The van der Waals surface area contributed by atoms with Gasteiger partial charge in [-0.15, -0.1) is 0 Å². The molecule has 3 aromatic rings. The molecule has 1 aromatic heterocycles. The second-order valence-electron chi connectivity index (χ2n) is 6.18. The van der Waals surface area contributed by atoms with Crippen LogP contribution in [-0.2, 0) is 11.2 Å². The number of pyridine rings is 1. The van der Waals surface area contributed by atoms with Crippen molar-refractivity contribution in [1.82, 2.24) is 10.3 Å². The smallest absolute Gasteiger partial charge is 0.295 e. The maximum Gasteiger partial charge on any atom is 0.295 e. The monoisotopic (exact) mass is 364 g/mol. The number of aromatic nitrogens is 1. The van der Waals surface area contributed by atoms with Crippen LogP contribution in [0.4, 0.5) is 11.4 Å². The minimum absolute atomic E-state index is 0.0495. The van der Waals surface area contributed by atoms with Gasteiger partial charge < -0.3 is 10.6 Å². The maximum atomic E-state index is 12.1. The summed E-state index contributed by atoms with van der Waals surface area (Å²) in [6.07, 6.45) is 0.760. The van der Waals surface area contributed by atoms with Crippen molar-refractivity contribution in [2.24, 2.45) is 0 Å². The number of non-ortho nitro benzene ring substituents is 1. The van der Waals surface area contributed by atoms with Crippen LogP contribution in [0.5, 0.6) is 0 Å². The predicted molar refractivity (Wildman–Crippen MR) is 105 cm³/mol. The fourth-order valence-electron chi connectivity index (χ4n) is 2.88. The molecule has 0 saturated carbocycles. The van der Waals surface area contributed by atoms with Gasteiger partial charge in [0.25, 0.3) is 5.69 Å². The summed E-state index contributed by atoms with van der Waals surface area (Å²) >= 11 is 0. The van der Waals surface area contributed by atoms with Gasteiger partial charge >= 0.3 is 0 Å². The number of amides is 1. The highest BCUT2D eigenvalue weighted by atomic mass is 16.6. The quantitative estimate of drug-likeness (QED) is 0.495. The number of nitro groups is 1. The lowest BCUT2D eigenvalue weighted by Gasteiger charge is -2.11. The molecule has 0 aliphatic carbocycles. The molecule has 0 saturated heterocycles. The summed E-state index contributed by atoms with van der Waals surface area (Å²) in [5, 5.41) is 17.8. The number of fused-ring (bicyclic) bond motifs is 1. The molecule has 1 amide bonds. The van der Waals surface area contributed by atoms with Crippen LogP contribution in [0.15, 0.2) is 54.6 Å². The first-order valence-electron chi connectivity index (χ1n) is 8.64. The molecule has 0 bridgehead atoms. The highest BCUT2D eigenvalue weighted by Gasteiger charge is 2.15. The van der Waals surface area contributed by atoms with Crippen molar-refractivity contribution in [2.45, 2.75) is 13.3 Å². The van der Waals surface area contributed by atoms with Crippen molar-refractivity contribution in [3.05, 3.63) is 76.0 Å². The topological polar surface area (TPSA) is 97.2 Å². The van der Waals surface area contributed by atoms with Crippen LogP contribution >= 0.6 is 0 Å². The molecule has 0 aliphatic heterocycles. The van der Waals surface area contributed by atoms with Gasteiger partial charge in [0.05, 0.1) is 11.5 Å². The molecule has 0 spiro atoms. The zero-order valence-corrected chi connectivity index (χ0v) is 14.9. The van der Waals surface area contributed by atoms with Gasteiger partial charge in [-0.05, 0) is 25.0 Å². The normalized spacial score (nSPS) is 10.6. The third-order valence-corrected chi connectivity index (χ3v) is 4.16. The maximum absolute atomic E-state index is 12.1. The number of nitrogens with zero attached hydrogens (tertiary/aromatic N) is 2. The standard InChI is InChI=1S/C20H20N4O3/c1-14-12-17(16-8-5-9-18(24(26)27)20(16)23-14)22-13-19(25)21-11-10-15-6-3-2-4-7-15/h2-9,12H,10-11,13H2,1H3,(H,21,25)(H,22,23). The van der Waals surface area contributed by atoms with E-state index in [-0.39, 0.29) is 18.1 Å². The second kappa shape index (κ2) is 8.27. The van der Waals surface area contributed by atoms with Crippen molar-refractivity contribution < 1.29 is 9.72 Å². The molecule has 7 heteroatoms. The summed E-state index contributed by atoms with van der Waals surface area (Å²) in [5.41, 5.74) is 2.72. The fraction of sp³-hybridized carbons (Fsp3) is 0.200. The number of carbonyl (C=O) groups is 1. The third kappa shape index (κ3) is 4.58. The molecule has 2 aromatic carbocycles. The lowest BCUT2D eigenvalue weighted by atomic mass is 10.1. The van der Waals surface area contributed by atoms with E-state index >= 15 is 0 Å². The number of nitro benzene ring substituents is 1. The van der Waals surface area contributed by atoms with E-state index in [1.165, 1.54) is 6.07 Å². The Bertz CT molecular complexity index is 974. The molecular weight excluding hydrogens is 344 g/mol. The Hall–Kier alpha value is -3.48. The largest absolute Gasteiger partial charge is 0.376 e. The number of aryl methyl sites for hydroxylation is 1. The molecule has 1 heterocycles. The minimum atomic E-state index is -0.450. The average Bonchev–Trinajstić information content (AvgIpc) is 2.66. The molecule has 0 aliphatic rings. The Morgan fingerprint density at radius 1 is 1.15 bits per heavy atom. The van der Waals surface area contributed by atoms with E-state index < -0.39 is 4.92 Å². The van der Waals surface area contributed by atoms with E-state index in [1.807, 2.05) is 30.3 Å². The Labute approximate surface area is 156 Å². The summed E-state index contributed by atoms with van der Waals surface area (Å²) in [7, 11) is 0. The number of carbonyl (C=O) groups excluding carboxylic acids is 1.